The first-order valence-electron chi connectivity index (χ1n) is 9.27. The summed E-state index contributed by atoms with van der Waals surface area (Å²) in [6.45, 7) is 0. The summed E-state index contributed by atoms with van der Waals surface area (Å²) >= 11 is 0. The molecule has 6 nitrogen and oxygen atoms in total. The van der Waals surface area contributed by atoms with Crippen molar-refractivity contribution >= 4 is 34.0 Å². The van der Waals surface area contributed by atoms with Crippen LogP contribution in [0.5, 0.6) is 5.75 Å². The van der Waals surface area contributed by atoms with E-state index in [9.17, 15) is 9.59 Å². The number of imide groups is 1. The molecule has 2 aliphatic rings. The minimum atomic E-state index is -1.34. The van der Waals surface area contributed by atoms with Gasteiger partial charge in [-0.25, -0.2) is 4.90 Å². The second-order valence-electron chi connectivity index (χ2n) is 7.12. The summed E-state index contributed by atoms with van der Waals surface area (Å²) in [5.41, 5.74) is 3.51. The predicted molar refractivity (Wildman–Crippen MR) is 109 cm³/mol. The number of nitrogens with zero attached hydrogens (tertiary/aromatic N) is 1. The zero-order valence-corrected chi connectivity index (χ0v) is 15.7. The smallest absolute Gasteiger partial charge is 0.273 e. The SMILES string of the molecule is COc1ccc(C2=C[C@@]3(CC(=O)N(c4ccc5ccccc5c4)C3=O)ON2)cc1. The minimum absolute atomic E-state index is 0.0503. The molecule has 3 aromatic rings. The Bertz CT molecular complexity index is 1170. The molecule has 1 saturated heterocycles. The first-order valence-corrected chi connectivity index (χ1v) is 9.27. The average molecular weight is 386 g/mol. The van der Waals surface area contributed by atoms with Gasteiger partial charge in [-0.05, 0) is 58.8 Å². The third kappa shape index (κ3) is 2.77. The largest absolute Gasteiger partial charge is 0.497 e. The van der Waals surface area contributed by atoms with Gasteiger partial charge in [0.05, 0.1) is 24.9 Å². The molecular formula is C23H18N2O4. The van der Waals surface area contributed by atoms with Gasteiger partial charge in [0.15, 0.2) is 0 Å². The van der Waals surface area contributed by atoms with E-state index in [1.807, 2.05) is 60.7 Å². The van der Waals surface area contributed by atoms with Crippen molar-refractivity contribution in [3.05, 3.63) is 78.4 Å². The average Bonchev–Trinajstić information content (AvgIpc) is 3.28. The maximum absolute atomic E-state index is 13.2. The number of anilines is 1. The Kier molecular flexibility index (Phi) is 3.89. The van der Waals surface area contributed by atoms with Gasteiger partial charge < -0.3 is 4.74 Å². The molecule has 3 aromatic carbocycles. The van der Waals surface area contributed by atoms with Crippen molar-refractivity contribution in [3.63, 3.8) is 0 Å². The second kappa shape index (κ2) is 6.46. The highest BCUT2D eigenvalue weighted by atomic mass is 16.7. The molecule has 0 radical (unpaired) electrons. The van der Waals surface area contributed by atoms with Crippen LogP contribution in [0.25, 0.3) is 16.5 Å². The molecule has 0 unspecified atom stereocenters. The first-order chi connectivity index (χ1) is 14.1. The lowest BCUT2D eigenvalue weighted by Gasteiger charge is -2.19. The van der Waals surface area contributed by atoms with Crippen LogP contribution >= 0.6 is 0 Å². The number of hydrogen-bond acceptors (Lipinski definition) is 5. The van der Waals surface area contributed by atoms with Crippen LogP contribution in [0.15, 0.2) is 72.8 Å². The third-order valence-corrected chi connectivity index (χ3v) is 5.34. The Hall–Kier alpha value is -3.64. The van der Waals surface area contributed by atoms with E-state index >= 15 is 0 Å². The molecule has 1 spiro atoms. The van der Waals surface area contributed by atoms with Gasteiger partial charge in [0, 0.05) is 0 Å². The molecule has 2 heterocycles. The normalized spacial score (nSPS) is 21.0. The highest BCUT2D eigenvalue weighted by molar-refractivity contribution is 6.25. The number of carbonyl (C=O) groups is 2. The summed E-state index contributed by atoms with van der Waals surface area (Å²) in [4.78, 5) is 32.9. The lowest BCUT2D eigenvalue weighted by Crippen LogP contribution is -2.40. The van der Waals surface area contributed by atoms with Gasteiger partial charge >= 0.3 is 0 Å². The molecule has 5 rings (SSSR count). The molecular weight excluding hydrogens is 368 g/mol. The van der Waals surface area contributed by atoms with E-state index in [0.29, 0.717) is 11.4 Å². The van der Waals surface area contributed by atoms with Crippen LogP contribution in [0.1, 0.15) is 12.0 Å². The highest BCUT2D eigenvalue weighted by Gasteiger charge is 2.55. The van der Waals surface area contributed by atoms with E-state index in [4.69, 9.17) is 9.57 Å². The number of ether oxygens (including phenoxy) is 1. The molecule has 29 heavy (non-hydrogen) atoms. The van der Waals surface area contributed by atoms with Crippen LogP contribution in [-0.2, 0) is 14.4 Å². The first kappa shape index (κ1) is 17.5. The van der Waals surface area contributed by atoms with Crippen molar-refractivity contribution in [1.82, 2.24) is 5.48 Å². The highest BCUT2D eigenvalue weighted by Crippen LogP contribution is 2.38. The van der Waals surface area contributed by atoms with Gasteiger partial charge in [-0.1, -0.05) is 30.3 Å². The molecule has 144 valence electrons. The fourth-order valence-electron chi connectivity index (χ4n) is 3.80. The molecule has 0 aliphatic carbocycles. The molecule has 1 atom stereocenters. The minimum Gasteiger partial charge on any atom is -0.497 e. The van der Waals surface area contributed by atoms with Crippen LogP contribution < -0.4 is 15.1 Å². The monoisotopic (exact) mass is 386 g/mol. The number of carbonyl (C=O) groups excluding carboxylic acids is 2. The van der Waals surface area contributed by atoms with Crippen molar-refractivity contribution in [3.8, 4) is 5.75 Å². The third-order valence-electron chi connectivity index (χ3n) is 5.34. The summed E-state index contributed by atoms with van der Waals surface area (Å²) in [7, 11) is 1.60. The van der Waals surface area contributed by atoms with E-state index in [1.165, 1.54) is 4.90 Å². The Morgan fingerprint density at radius 2 is 1.76 bits per heavy atom. The Labute approximate surface area is 167 Å². The van der Waals surface area contributed by atoms with Crippen LogP contribution in [0.2, 0.25) is 0 Å². The van der Waals surface area contributed by atoms with E-state index in [2.05, 4.69) is 5.48 Å². The maximum atomic E-state index is 13.2. The lowest BCUT2D eigenvalue weighted by molar-refractivity contribution is -0.136. The zero-order valence-electron chi connectivity index (χ0n) is 15.7. The molecule has 1 fully saturated rings. The fourth-order valence-corrected chi connectivity index (χ4v) is 3.80. The summed E-state index contributed by atoms with van der Waals surface area (Å²) in [5.74, 6) is 0.0469. The number of benzene rings is 3. The second-order valence-corrected chi connectivity index (χ2v) is 7.12. The number of fused-ring (bicyclic) bond motifs is 1. The number of methoxy groups -OCH3 is 1. The standard InChI is InChI=1S/C23H18N2O4/c1-28-19-10-7-16(8-11-19)20-13-23(29-24-20)14-21(26)25(22(23)27)18-9-6-15-4-2-3-5-17(15)12-18/h2-13,24H,14H2,1H3/t23-/m0/s1. The number of nitrogens with one attached hydrogen (secondary N) is 1. The van der Waals surface area contributed by atoms with Crippen molar-refractivity contribution in [2.24, 2.45) is 0 Å². The zero-order chi connectivity index (χ0) is 20.0. The van der Waals surface area contributed by atoms with Crippen molar-refractivity contribution in [2.45, 2.75) is 12.0 Å². The van der Waals surface area contributed by atoms with Crippen molar-refractivity contribution in [2.75, 3.05) is 12.0 Å². The Morgan fingerprint density at radius 3 is 2.52 bits per heavy atom. The van der Waals surface area contributed by atoms with E-state index in [-0.39, 0.29) is 12.3 Å². The van der Waals surface area contributed by atoms with E-state index in [0.717, 1.165) is 22.1 Å². The molecule has 6 heteroatoms. The lowest BCUT2D eigenvalue weighted by atomic mass is 9.99. The molecule has 0 aromatic heterocycles. The van der Waals surface area contributed by atoms with Gasteiger partial charge in [0.2, 0.25) is 11.5 Å². The number of amides is 2. The van der Waals surface area contributed by atoms with Gasteiger partial charge in [0.25, 0.3) is 5.91 Å². The van der Waals surface area contributed by atoms with Crippen LogP contribution in [0.3, 0.4) is 0 Å². The number of hydroxylamine groups is 1. The van der Waals surface area contributed by atoms with Crippen molar-refractivity contribution < 1.29 is 19.2 Å². The fraction of sp³-hybridized carbons (Fsp3) is 0.130. The molecule has 1 N–H and O–H groups in total. The quantitative estimate of drug-likeness (QED) is 0.699. The number of hydrogen-bond donors (Lipinski definition) is 1. The Balaban J connectivity index is 1.48. The van der Waals surface area contributed by atoms with Gasteiger partial charge in [-0.15, -0.1) is 0 Å². The van der Waals surface area contributed by atoms with Crippen molar-refractivity contribution in [1.29, 1.82) is 0 Å². The molecule has 2 amide bonds. The van der Waals surface area contributed by atoms with E-state index in [1.54, 1.807) is 19.3 Å². The molecule has 2 aliphatic heterocycles. The maximum Gasteiger partial charge on any atom is 0.273 e. The molecule has 0 bridgehead atoms. The van der Waals surface area contributed by atoms with E-state index < -0.39 is 11.5 Å². The molecule has 0 saturated carbocycles. The van der Waals surface area contributed by atoms with Gasteiger partial charge in [-0.3, -0.25) is 19.9 Å². The number of rotatable bonds is 3. The van der Waals surface area contributed by atoms with Gasteiger partial charge in [0.1, 0.15) is 5.75 Å². The summed E-state index contributed by atoms with van der Waals surface area (Å²) in [6, 6.07) is 20.7. The van der Waals surface area contributed by atoms with Crippen LogP contribution in [0, 0.1) is 0 Å². The van der Waals surface area contributed by atoms with Crippen LogP contribution in [0.4, 0.5) is 5.69 Å². The van der Waals surface area contributed by atoms with Crippen LogP contribution in [-0.4, -0.2) is 24.5 Å². The predicted octanol–water partition coefficient (Wildman–Crippen LogP) is 3.43. The van der Waals surface area contributed by atoms with Gasteiger partial charge in [-0.2, -0.15) is 0 Å². The summed E-state index contributed by atoms with van der Waals surface area (Å²) in [5, 5.41) is 2.01. The topological polar surface area (TPSA) is 67.9 Å². The summed E-state index contributed by atoms with van der Waals surface area (Å²) < 4.78 is 5.17. The Morgan fingerprint density at radius 1 is 1.00 bits per heavy atom. The summed E-state index contributed by atoms with van der Waals surface area (Å²) in [6.07, 6.45) is 1.64.